The molecule has 3 N–H and O–H groups in total. The lowest BCUT2D eigenvalue weighted by molar-refractivity contribution is -1.02. The van der Waals surface area contributed by atoms with E-state index in [4.69, 9.17) is 4.98 Å². The minimum Gasteiger partial charge on any atom is -0.333 e. The molecular formula is C20H27N5OS+2. The van der Waals surface area contributed by atoms with Gasteiger partial charge >= 0.3 is 0 Å². The predicted octanol–water partition coefficient (Wildman–Crippen LogP) is -0.468. The van der Waals surface area contributed by atoms with Crippen molar-refractivity contribution in [2.24, 2.45) is 0 Å². The fourth-order valence-corrected chi connectivity index (χ4v) is 5.34. The smallest absolute Gasteiger partial charge is 0.276 e. The standard InChI is InChI=1S/C20H25N5OS/c21-15-20(7-3-4-8-20)23-18(26)13-24-9-11-25(12-10-24)14-19-22-16-5-1-2-6-17(16)27-19/h1-2,5-6H,3-4,7-14H2,(H,23,26)/p+2. The molecule has 1 amide bonds. The van der Waals surface area contributed by atoms with Crippen LogP contribution in [-0.4, -0.2) is 49.2 Å². The zero-order valence-electron chi connectivity index (χ0n) is 15.6. The number of piperazine rings is 1. The van der Waals surface area contributed by atoms with Gasteiger partial charge < -0.3 is 15.1 Å². The van der Waals surface area contributed by atoms with Crippen LogP contribution in [0.15, 0.2) is 24.3 Å². The summed E-state index contributed by atoms with van der Waals surface area (Å²) in [6.45, 7) is 5.55. The molecule has 2 aliphatic rings. The average Bonchev–Trinajstić information content (AvgIpc) is 3.30. The molecule has 1 aliphatic carbocycles. The molecule has 1 aliphatic heterocycles. The fourth-order valence-electron chi connectivity index (χ4n) is 4.30. The molecule has 1 aromatic carbocycles. The molecule has 0 radical (unpaired) electrons. The highest BCUT2D eigenvalue weighted by molar-refractivity contribution is 7.18. The van der Waals surface area contributed by atoms with Gasteiger partial charge in [0.1, 0.15) is 43.3 Å². The van der Waals surface area contributed by atoms with E-state index in [0.29, 0.717) is 6.54 Å². The Balaban J connectivity index is 1.25. The van der Waals surface area contributed by atoms with Gasteiger partial charge in [-0.25, -0.2) is 4.98 Å². The molecule has 1 aromatic heterocycles. The maximum Gasteiger partial charge on any atom is 0.276 e. The number of para-hydroxylation sites is 1. The van der Waals surface area contributed by atoms with Crippen LogP contribution >= 0.6 is 11.3 Å². The molecule has 0 bridgehead atoms. The lowest BCUT2D eigenvalue weighted by Crippen LogP contribution is -3.28. The van der Waals surface area contributed by atoms with Crippen LogP contribution in [-0.2, 0) is 11.3 Å². The van der Waals surface area contributed by atoms with Crippen LogP contribution in [0.4, 0.5) is 0 Å². The van der Waals surface area contributed by atoms with Crippen LogP contribution < -0.4 is 15.1 Å². The van der Waals surface area contributed by atoms with Crippen molar-refractivity contribution in [1.29, 1.82) is 5.26 Å². The Bertz CT molecular complexity index is 810. The first kappa shape index (κ1) is 18.4. The molecule has 2 heterocycles. The molecule has 2 fully saturated rings. The quantitative estimate of drug-likeness (QED) is 0.652. The molecule has 4 rings (SSSR count). The lowest BCUT2D eigenvalue weighted by Gasteiger charge is -2.30. The predicted molar refractivity (Wildman–Crippen MR) is 105 cm³/mol. The van der Waals surface area contributed by atoms with Crippen LogP contribution in [0, 0.1) is 11.3 Å². The van der Waals surface area contributed by atoms with Crippen molar-refractivity contribution in [3.8, 4) is 6.07 Å². The molecule has 0 unspecified atom stereocenters. The van der Waals surface area contributed by atoms with Crippen molar-refractivity contribution >= 4 is 27.5 Å². The molecule has 1 saturated carbocycles. The number of carbonyl (C=O) groups is 1. The van der Waals surface area contributed by atoms with Crippen LogP contribution in [0.25, 0.3) is 10.2 Å². The summed E-state index contributed by atoms with van der Waals surface area (Å²) < 4.78 is 1.26. The summed E-state index contributed by atoms with van der Waals surface area (Å²) in [4.78, 5) is 20.0. The molecule has 0 spiro atoms. The van der Waals surface area contributed by atoms with E-state index in [-0.39, 0.29) is 5.91 Å². The van der Waals surface area contributed by atoms with Gasteiger partial charge in [-0.2, -0.15) is 5.26 Å². The topological polar surface area (TPSA) is 74.7 Å². The van der Waals surface area contributed by atoms with Gasteiger partial charge in [-0.1, -0.05) is 12.1 Å². The van der Waals surface area contributed by atoms with Gasteiger partial charge in [0.2, 0.25) is 0 Å². The van der Waals surface area contributed by atoms with E-state index in [9.17, 15) is 10.1 Å². The second-order valence-electron chi connectivity index (χ2n) is 7.88. The van der Waals surface area contributed by atoms with Crippen LogP contribution in [0.5, 0.6) is 0 Å². The number of carbonyl (C=O) groups excluding carboxylic acids is 1. The van der Waals surface area contributed by atoms with Gasteiger partial charge in [-0.15, -0.1) is 11.3 Å². The highest BCUT2D eigenvalue weighted by atomic mass is 32.1. The molecule has 2 aromatic rings. The number of fused-ring (bicyclic) bond motifs is 1. The first-order valence-electron chi connectivity index (χ1n) is 9.90. The monoisotopic (exact) mass is 385 g/mol. The summed E-state index contributed by atoms with van der Waals surface area (Å²) in [6.07, 6.45) is 3.67. The summed E-state index contributed by atoms with van der Waals surface area (Å²) in [5.41, 5.74) is 0.493. The fraction of sp³-hybridized carbons (Fsp3) is 0.550. The Morgan fingerprint density at radius 2 is 1.89 bits per heavy atom. The number of nitriles is 1. The number of nitrogens with zero attached hydrogens (tertiary/aromatic N) is 2. The summed E-state index contributed by atoms with van der Waals surface area (Å²) >= 11 is 1.79. The third kappa shape index (κ3) is 4.29. The number of hydrogen-bond acceptors (Lipinski definition) is 4. The van der Waals surface area contributed by atoms with E-state index in [1.807, 2.05) is 6.07 Å². The SMILES string of the molecule is N#CC1(NC(=O)C[NH+]2CC[NH+](Cc3nc4ccccc4s3)CC2)CCCC1. The maximum atomic E-state index is 12.4. The number of benzene rings is 1. The number of amides is 1. The number of quaternary nitrogens is 2. The minimum atomic E-state index is -0.601. The number of rotatable bonds is 5. The summed E-state index contributed by atoms with van der Waals surface area (Å²) in [5.74, 6) is 0.0306. The summed E-state index contributed by atoms with van der Waals surface area (Å²) in [5, 5.41) is 13.6. The summed E-state index contributed by atoms with van der Waals surface area (Å²) in [7, 11) is 0. The normalized spacial score (nSPS) is 24.6. The Morgan fingerprint density at radius 3 is 2.59 bits per heavy atom. The van der Waals surface area contributed by atoms with Crippen molar-refractivity contribution in [2.75, 3.05) is 32.7 Å². The zero-order valence-corrected chi connectivity index (χ0v) is 16.4. The Labute approximate surface area is 163 Å². The molecule has 6 nitrogen and oxygen atoms in total. The molecule has 0 atom stereocenters. The second-order valence-corrected chi connectivity index (χ2v) is 8.99. The third-order valence-corrected chi connectivity index (χ3v) is 6.90. The van der Waals surface area contributed by atoms with Gasteiger partial charge in [-0.3, -0.25) is 4.79 Å². The number of thiazole rings is 1. The van der Waals surface area contributed by atoms with Crippen molar-refractivity contribution in [2.45, 2.75) is 37.8 Å². The molecule has 7 heteroatoms. The van der Waals surface area contributed by atoms with Gasteiger partial charge in [0.15, 0.2) is 6.54 Å². The Kier molecular flexibility index (Phi) is 5.39. The zero-order chi connectivity index (χ0) is 18.7. The number of nitrogens with one attached hydrogen (secondary N) is 3. The minimum absolute atomic E-state index is 0.0306. The van der Waals surface area contributed by atoms with Crippen molar-refractivity contribution in [1.82, 2.24) is 10.3 Å². The maximum absolute atomic E-state index is 12.4. The first-order valence-corrected chi connectivity index (χ1v) is 10.7. The van der Waals surface area contributed by atoms with Crippen molar-refractivity contribution in [3.63, 3.8) is 0 Å². The van der Waals surface area contributed by atoms with Gasteiger partial charge in [-0.05, 0) is 37.8 Å². The van der Waals surface area contributed by atoms with E-state index in [1.54, 1.807) is 16.2 Å². The Hall–Kier alpha value is -2.01. The molecule has 27 heavy (non-hydrogen) atoms. The molecule has 1 saturated heterocycles. The van der Waals surface area contributed by atoms with E-state index >= 15 is 0 Å². The largest absolute Gasteiger partial charge is 0.333 e. The first-order chi connectivity index (χ1) is 13.2. The van der Waals surface area contributed by atoms with Crippen LogP contribution in [0.2, 0.25) is 0 Å². The van der Waals surface area contributed by atoms with Crippen molar-refractivity contribution < 1.29 is 14.6 Å². The van der Waals surface area contributed by atoms with Crippen molar-refractivity contribution in [3.05, 3.63) is 29.3 Å². The average molecular weight is 386 g/mol. The molecule has 142 valence electrons. The third-order valence-electron chi connectivity index (χ3n) is 5.86. The number of aromatic nitrogens is 1. The van der Waals surface area contributed by atoms with E-state index < -0.39 is 5.54 Å². The molecular weight excluding hydrogens is 358 g/mol. The van der Waals surface area contributed by atoms with Gasteiger partial charge in [0.05, 0.1) is 16.3 Å². The highest BCUT2D eigenvalue weighted by Crippen LogP contribution is 2.28. The Morgan fingerprint density at radius 1 is 1.19 bits per heavy atom. The van der Waals surface area contributed by atoms with Crippen LogP contribution in [0.1, 0.15) is 30.7 Å². The summed E-state index contributed by atoms with van der Waals surface area (Å²) in [6, 6.07) is 10.6. The van der Waals surface area contributed by atoms with Gasteiger partial charge in [0, 0.05) is 0 Å². The lowest BCUT2D eigenvalue weighted by atomic mass is 10.00. The van der Waals surface area contributed by atoms with E-state index in [0.717, 1.165) is 63.9 Å². The van der Waals surface area contributed by atoms with Gasteiger partial charge in [0.25, 0.3) is 5.91 Å². The van der Waals surface area contributed by atoms with E-state index in [1.165, 1.54) is 14.6 Å². The van der Waals surface area contributed by atoms with E-state index in [2.05, 4.69) is 29.6 Å². The van der Waals surface area contributed by atoms with Crippen LogP contribution in [0.3, 0.4) is 0 Å². The number of hydrogen-bond donors (Lipinski definition) is 3. The highest BCUT2D eigenvalue weighted by Gasteiger charge is 2.36. The second kappa shape index (κ2) is 7.93.